The van der Waals surface area contributed by atoms with E-state index in [1.807, 2.05) is 26.0 Å². The summed E-state index contributed by atoms with van der Waals surface area (Å²) < 4.78 is 11.7. The van der Waals surface area contributed by atoms with Crippen molar-refractivity contribution in [3.63, 3.8) is 0 Å². The van der Waals surface area contributed by atoms with Crippen LogP contribution in [-0.4, -0.2) is 6.88 Å². The number of benzene rings is 4. The molecule has 0 fully saturated rings. The second-order valence-corrected chi connectivity index (χ2v) is 13.6. The molecule has 56 heavy (non-hydrogen) atoms. The zero-order valence-electron chi connectivity index (χ0n) is 34.0. The Balaban J connectivity index is 0.000000347. The normalized spacial score (nSPS) is 10.2. The van der Waals surface area contributed by atoms with Crippen LogP contribution in [0.5, 0.6) is 0 Å². The fourth-order valence-corrected chi connectivity index (χ4v) is 7.52. The molecule has 2 radical (unpaired) electrons. The Bertz CT molecular complexity index is 2240. The van der Waals surface area contributed by atoms with Crippen molar-refractivity contribution >= 4 is 53.2 Å². The van der Waals surface area contributed by atoms with Crippen LogP contribution in [-0.2, 0) is 36.2 Å². The number of furan rings is 2. The van der Waals surface area contributed by atoms with Gasteiger partial charge in [0.05, 0.1) is 23.0 Å². The molecule has 2 aromatic heterocycles. The Morgan fingerprint density at radius 2 is 0.875 bits per heavy atom. The average Bonchev–Trinajstić information content (AvgIpc) is 3.98. The Kier molecular flexibility index (Phi) is 19.3. The summed E-state index contributed by atoms with van der Waals surface area (Å²) in [6.07, 6.45) is 4.54. The molecule has 0 amide bonds. The second kappa shape index (κ2) is 22.3. The molecule has 0 N–H and O–H groups in total. The minimum atomic E-state index is 0. The molecule has 0 saturated heterocycles. The van der Waals surface area contributed by atoms with Crippen molar-refractivity contribution in [3.8, 4) is 44.9 Å². The van der Waals surface area contributed by atoms with Gasteiger partial charge in [0.2, 0.25) is 0 Å². The van der Waals surface area contributed by atoms with Crippen LogP contribution < -0.4 is 0 Å². The number of rotatable bonds is 8. The molecule has 6 aromatic carbocycles. The summed E-state index contributed by atoms with van der Waals surface area (Å²) in [4.78, 5) is 0. The van der Waals surface area contributed by atoms with Crippen LogP contribution in [0.15, 0.2) is 130 Å². The van der Waals surface area contributed by atoms with E-state index in [2.05, 4.69) is 144 Å². The molecule has 0 aliphatic heterocycles. The zero-order chi connectivity index (χ0) is 36.8. The third-order valence-electron chi connectivity index (χ3n) is 9.97. The van der Waals surface area contributed by atoms with Gasteiger partial charge in [0.1, 0.15) is 0 Å². The first kappa shape index (κ1) is 48.5. The van der Waals surface area contributed by atoms with Gasteiger partial charge in [-0.05, 0) is 87.1 Å². The van der Waals surface area contributed by atoms with Gasteiger partial charge in [0.25, 0.3) is 0 Å². The second-order valence-electron chi connectivity index (χ2n) is 13.6. The van der Waals surface area contributed by atoms with E-state index in [9.17, 15) is 0 Å². The maximum atomic E-state index is 5.85. The number of halogens is 2. The Morgan fingerprint density at radius 1 is 0.518 bits per heavy atom. The quantitative estimate of drug-likeness (QED) is 0.112. The van der Waals surface area contributed by atoms with Crippen molar-refractivity contribution in [2.24, 2.45) is 0 Å². The topological polar surface area (TPSA) is 26.3 Å². The number of aryl methyl sites for hydroxylation is 4. The zero-order valence-corrected chi connectivity index (χ0v) is 39.1. The van der Waals surface area contributed by atoms with E-state index in [0.29, 0.717) is 0 Å². The van der Waals surface area contributed by atoms with Gasteiger partial charge in [-0.1, -0.05) is 121 Å². The van der Waals surface area contributed by atoms with Gasteiger partial charge in [0, 0.05) is 0 Å². The van der Waals surface area contributed by atoms with Crippen molar-refractivity contribution in [2.45, 2.75) is 67.2 Å². The van der Waals surface area contributed by atoms with Crippen molar-refractivity contribution in [3.05, 3.63) is 170 Å². The van der Waals surface area contributed by atoms with Crippen molar-refractivity contribution in [1.29, 1.82) is 0 Å². The molecule has 292 valence electrons. The van der Waals surface area contributed by atoms with E-state index >= 15 is 0 Å². The van der Waals surface area contributed by atoms with Gasteiger partial charge in [-0.3, -0.25) is 0 Å². The average molecular weight is 877 g/mol. The molecular weight excluding hydrogens is 823 g/mol. The van der Waals surface area contributed by atoms with Crippen molar-refractivity contribution in [1.82, 2.24) is 0 Å². The molecule has 0 aliphatic rings. The number of hydrogen-bond donors (Lipinski definition) is 0. The van der Waals surface area contributed by atoms with E-state index in [4.69, 9.17) is 8.83 Å². The van der Waals surface area contributed by atoms with Gasteiger partial charge in [-0.25, -0.2) is 0 Å². The van der Waals surface area contributed by atoms with Gasteiger partial charge < -0.3 is 23.7 Å². The third-order valence-corrected chi connectivity index (χ3v) is 9.97. The first-order valence-electron chi connectivity index (χ1n) is 18.3. The molecular formula is C50H54Cl2O2SiZr-4. The summed E-state index contributed by atoms with van der Waals surface area (Å²) in [5, 5.41) is 5.23. The Morgan fingerprint density at radius 3 is 1.18 bits per heavy atom. The first-order chi connectivity index (χ1) is 25.3. The van der Waals surface area contributed by atoms with Gasteiger partial charge in [-0.15, -0.1) is 82.8 Å². The molecule has 2 nitrogen and oxygen atoms in total. The Hall–Kier alpha value is -3.66. The molecule has 8 aromatic rings. The summed E-state index contributed by atoms with van der Waals surface area (Å²) in [6.45, 7) is 16.1. The number of fused-ring (bicyclic) bond motifs is 2. The van der Waals surface area contributed by atoms with Crippen molar-refractivity contribution < 1.29 is 32.2 Å². The molecule has 0 unspecified atom stereocenters. The summed E-state index contributed by atoms with van der Waals surface area (Å²) in [7, 11) is 0. The predicted octanol–water partition coefficient (Wildman–Crippen LogP) is 15.5. The first-order valence-corrected chi connectivity index (χ1v) is 22.5. The standard InChI is InChI=1S/2C24H23O.2CH3.2ClH.Si.Zr/c2*1-4-8-19-13-20-14-21(23-12-11-16(2)25-23)15-22(20)24(17(19)3)18-9-6-5-7-10-18;;;;;;/h2*5-7,9-15H,4,8H2,1-3H3;2*1H3;2*1H;;/q4*-1;;;;. The van der Waals surface area contributed by atoms with E-state index in [-0.39, 0.29) is 39.7 Å². The van der Waals surface area contributed by atoms with Gasteiger partial charge in [0.15, 0.2) is 0 Å². The molecule has 0 saturated carbocycles. The number of hydrogen-bond acceptors (Lipinski definition) is 2. The van der Waals surface area contributed by atoms with Gasteiger partial charge in [-0.2, -0.15) is 0 Å². The Labute approximate surface area is 364 Å². The van der Waals surface area contributed by atoms with Crippen LogP contribution in [0, 0.1) is 42.5 Å². The summed E-state index contributed by atoms with van der Waals surface area (Å²) in [6, 6.07) is 43.4. The molecule has 0 bridgehead atoms. The molecule has 0 aliphatic carbocycles. The predicted molar refractivity (Wildman–Crippen MR) is 245 cm³/mol. The molecule has 2 heterocycles. The van der Waals surface area contributed by atoms with Crippen LogP contribution in [0.2, 0.25) is 0 Å². The minimum absolute atomic E-state index is 0. The fourth-order valence-electron chi connectivity index (χ4n) is 7.52. The van der Waals surface area contributed by atoms with E-state index < -0.39 is 0 Å². The molecule has 6 heteroatoms. The van der Waals surface area contributed by atoms with Crippen LogP contribution >= 0.6 is 24.8 Å². The van der Waals surface area contributed by atoms with Crippen molar-refractivity contribution in [2.75, 3.05) is 0 Å². The van der Waals surface area contributed by atoms with Crippen LogP contribution in [0.25, 0.3) is 66.4 Å². The van der Waals surface area contributed by atoms with E-state index in [0.717, 1.165) is 59.9 Å². The van der Waals surface area contributed by atoms with Crippen LogP contribution in [0.4, 0.5) is 0 Å². The SMILES string of the molecule is CCCc1cc2[cH-]c(-c3ccc(C)o3)cc2c(-c2ccccc2)c1C.CCCc1cc2[cH-]c(-c3ccc(C)o3)cc2c(-c2ccccc2)c1C.Cl.Cl.[CH3-].[CH3-].[Si]=[Zr]. The maximum absolute atomic E-state index is 5.85. The van der Waals surface area contributed by atoms with Crippen LogP contribution in [0.1, 0.15) is 60.5 Å². The summed E-state index contributed by atoms with van der Waals surface area (Å²) in [5.74, 6) is 3.79. The van der Waals surface area contributed by atoms with E-state index in [1.165, 1.54) is 89.4 Å². The molecule has 0 atom stereocenters. The summed E-state index contributed by atoms with van der Waals surface area (Å²) in [5.41, 5.74) is 13.3. The fraction of sp³-hybridized carbons (Fsp3) is 0.200. The van der Waals surface area contributed by atoms with Gasteiger partial charge >= 0.3 is 30.2 Å². The molecule has 0 spiro atoms. The van der Waals surface area contributed by atoms with E-state index in [1.54, 1.807) is 0 Å². The monoisotopic (exact) mass is 874 g/mol. The van der Waals surface area contributed by atoms with Crippen LogP contribution in [0.3, 0.4) is 0 Å². The third kappa shape index (κ3) is 10.4. The molecule has 8 rings (SSSR count). The summed E-state index contributed by atoms with van der Waals surface area (Å²) >= 11 is 1.36.